The number of amides is 1. The summed E-state index contributed by atoms with van der Waals surface area (Å²) >= 11 is 1.79. The van der Waals surface area contributed by atoms with Crippen LogP contribution in [0.1, 0.15) is 16.0 Å². The molecule has 0 saturated carbocycles. The summed E-state index contributed by atoms with van der Waals surface area (Å²) in [5, 5.41) is 9.40. The van der Waals surface area contributed by atoms with E-state index in [1.807, 2.05) is 24.3 Å². The average Bonchev–Trinajstić information content (AvgIpc) is 3.06. The van der Waals surface area contributed by atoms with Gasteiger partial charge in [0.05, 0.1) is 12.7 Å². The summed E-state index contributed by atoms with van der Waals surface area (Å²) in [6, 6.07) is 2.13. The number of nitrogens with one attached hydrogen (secondary N) is 1. The molecule has 1 aliphatic heterocycles. The molecule has 3 rings (SSSR count). The standard InChI is InChI=1S/C14H18N4OS/c1-17-9-11(7-16-17)6-15-8-14(19)18-4-2-13-12(10-18)3-5-20-13/h3,5,7,9,15H,2,4,6,8,10H2,1H3. The Morgan fingerprint density at radius 1 is 1.55 bits per heavy atom. The van der Waals surface area contributed by atoms with Crippen molar-refractivity contribution in [3.05, 3.63) is 39.8 Å². The lowest BCUT2D eigenvalue weighted by molar-refractivity contribution is -0.131. The van der Waals surface area contributed by atoms with E-state index < -0.39 is 0 Å². The van der Waals surface area contributed by atoms with Crippen LogP contribution in [0.15, 0.2) is 23.8 Å². The summed E-state index contributed by atoms with van der Waals surface area (Å²) in [6.07, 6.45) is 4.76. The number of nitrogens with zero attached hydrogens (tertiary/aromatic N) is 3. The number of hydrogen-bond acceptors (Lipinski definition) is 4. The van der Waals surface area contributed by atoms with Crippen LogP contribution >= 0.6 is 11.3 Å². The zero-order chi connectivity index (χ0) is 13.9. The molecule has 0 aliphatic carbocycles. The summed E-state index contributed by atoms with van der Waals surface area (Å²) in [6.45, 7) is 2.65. The smallest absolute Gasteiger partial charge is 0.236 e. The molecule has 0 atom stereocenters. The van der Waals surface area contributed by atoms with Crippen LogP contribution < -0.4 is 5.32 Å². The molecule has 0 aromatic carbocycles. The quantitative estimate of drug-likeness (QED) is 0.919. The molecule has 0 unspecified atom stereocenters. The Kier molecular flexibility index (Phi) is 3.84. The molecule has 2 aromatic heterocycles. The van der Waals surface area contributed by atoms with E-state index in [1.165, 1.54) is 10.4 Å². The second kappa shape index (κ2) is 5.76. The minimum atomic E-state index is 0.172. The van der Waals surface area contributed by atoms with Crippen molar-refractivity contribution in [2.45, 2.75) is 19.5 Å². The highest BCUT2D eigenvalue weighted by Gasteiger charge is 2.20. The second-order valence-electron chi connectivity index (χ2n) is 5.06. The van der Waals surface area contributed by atoms with E-state index in [-0.39, 0.29) is 5.91 Å². The first kappa shape index (κ1) is 13.3. The fourth-order valence-electron chi connectivity index (χ4n) is 2.45. The Balaban J connectivity index is 1.48. The molecule has 0 radical (unpaired) electrons. The Morgan fingerprint density at radius 2 is 2.45 bits per heavy atom. The van der Waals surface area contributed by atoms with E-state index in [0.717, 1.165) is 25.1 Å². The molecule has 106 valence electrons. The number of carbonyl (C=O) groups is 1. The maximum Gasteiger partial charge on any atom is 0.236 e. The first-order chi connectivity index (χ1) is 9.72. The third kappa shape index (κ3) is 2.91. The van der Waals surface area contributed by atoms with Crippen LogP contribution in [0.25, 0.3) is 0 Å². The van der Waals surface area contributed by atoms with E-state index in [4.69, 9.17) is 0 Å². The van der Waals surface area contributed by atoms with E-state index in [0.29, 0.717) is 13.1 Å². The molecule has 6 heteroatoms. The second-order valence-corrected chi connectivity index (χ2v) is 6.06. The van der Waals surface area contributed by atoms with Gasteiger partial charge in [-0.1, -0.05) is 0 Å². The molecule has 5 nitrogen and oxygen atoms in total. The highest BCUT2D eigenvalue weighted by Crippen LogP contribution is 2.23. The third-order valence-corrected chi connectivity index (χ3v) is 4.55. The van der Waals surface area contributed by atoms with Crippen molar-refractivity contribution in [2.24, 2.45) is 7.05 Å². The highest BCUT2D eigenvalue weighted by atomic mass is 32.1. The number of carbonyl (C=O) groups excluding carboxylic acids is 1. The molecule has 0 bridgehead atoms. The molecular weight excluding hydrogens is 272 g/mol. The fraction of sp³-hybridized carbons (Fsp3) is 0.429. The van der Waals surface area contributed by atoms with Gasteiger partial charge in [0.25, 0.3) is 0 Å². The predicted octanol–water partition coefficient (Wildman–Crippen LogP) is 1.16. The van der Waals surface area contributed by atoms with Crippen LogP contribution in [-0.2, 0) is 31.4 Å². The molecule has 0 saturated heterocycles. The molecule has 3 heterocycles. The monoisotopic (exact) mass is 290 g/mol. The van der Waals surface area contributed by atoms with Crippen molar-refractivity contribution in [1.29, 1.82) is 0 Å². The van der Waals surface area contributed by atoms with Crippen LogP contribution in [0.2, 0.25) is 0 Å². The molecule has 20 heavy (non-hydrogen) atoms. The Bertz CT molecular complexity index is 604. The van der Waals surface area contributed by atoms with Crippen LogP contribution in [0.4, 0.5) is 0 Å². The number of aryl methyl sites for hydroxylation is 1. The van der Waals surface area contributed by atoms with Gasteiger partial charge in [-0.3, -0.25) is 9.48 Å². The third-order valence-electron chi connectivity index (χ3n) is 3.52. The molecular formula is C14H18N4OS. The highest BCUT2D eigenvalue weighted by molar-refractivity contribution is 7.10. The largest absolute Gasteiger partial charge is 0.337 e. The predicted molar refractivity (Wildman–Crippen MR) is 78.4 cm³/mol. The zero-order valence-electron chi connectivity index (χ0n) is 11.5. The number of hydrogen-bond donors (Lipinski definition) is 1. The number of rotatable bonds is 4. The van der Waals surface area contributed by atoms with E-state index >= 15 is 0 Å². The van der Waals surface area contributed by atoms with Crippen molar-refractivity contribution in [3.8, 4) is 0 Å². The van der Waals surface area contributed by atoms with Crippen molar-refractivity contribution in [1.82, 2.24) is 20.0 Å². The van der Waals surface area contributed by atoms with Gasteiger partial charge in [-0.15, -0.1) is 11.3 Å². The summed E-state index contributed by atoms with van der Waals surface area (Å²) in [7, 11) is 1.89. The number of thiophene rings is 1. The van der Waals surface area contributed by atoms with Gasteiger partial charge >= 0.3 is 0 Å². The summed E-state index contributed by atoms with van der Waals surface area (Å²) in [4.78, 5) is 15.5. The van der Waals surface area contributed by atoms with Crippen molar-refractivity contribution >= 4 is 17.2 Å². The molecule has 1 N–H and O–H groups in total. The van der Waals surface area contributed by atoms with Crippen molar-refractivity contribution in [3.63, 3.8) is 0 Å². The van der Waals surface area contributed by atoms with Gasteiger partial charge < -0.3 is 10.2 Å². The fourth-order valence-corrected chi connectivity index (χ4v) is 3.34. The van der Waals surface area contributed by atoms with E-state index in [9.17, 15) is 4.79 Å². The van der Waals surface area contributed by atoms with E-state index in [2.05, 4.69) is 21.9 Å². The SMILES string of the molecule is Cn1cc(CNCC(=O)N2CCc3sccc3C2)cn1. The van der Waals surface area contributed by atoms with Gasteiger partial charge in [-0.25, -0.2) is 0 Å². The van der Waals surface area contributed by atoms with Gasteiger partial charge in [0.2, 0.25) is 5.91 Å². The van der Waals surface area contributed by atoms with Gasteiger partial charge in [0.15, 0.2) is 0 Å². The lowest BCUT2D eigenvalue weighted by atomic mass is 10.1. The van der Waals surface area contributed by atoms with Gasteiger partial charge in [0.1, 0.15) is 0 Å². The average molecular weight is 290 g/mol. The van der Waals surface area contributed by atoms with Crippen LogP contribution in [-0.4, -0.2) is 33.7 Å². The summed E-state index contributed by atoms with van der Waals surface area (Å²) in [5.74, 6) is 0.172. The minimum absolute atomic E-state index is 0.172. The summed E-state index contributed by atoms with van der Waals surface area (Å²) < 4.78 is 1.77. The van der Waals surface area contributed by atoms with Gasteiger partial charge in [-0.05, 0) is 23.4 Å². The topological polar surface area (TPSA) is 50.2 Å². The van der Waals surface area contributed by atoms with Crippen LogP contribution in [0.3, 0.4) is 0 Å². The Hall–Kier alpha value is -1.66. The van der Waals surface area contributed by atoms with Crippen LogP contribution in [0.5, 0.6) is 0 Å². The molecule has 1 amide bonds. The lowest BCUT2D eigenvalue weighted by Gasteiger charge is -2.27. The minimum Gasteiger partial charge on any atom is -0.337 e. The maximum atomic E-state index is 12.2. The van der Waals surface area contributed by atoms with Crippen molar-refractivity contribution < 1.29 is 4.79 Å². The molecule has 1 aliphatic rings. The number of fused-ring (bicyclic) bond motifs is 1. The zero-order valence-corrected chi connectivity index (χ0v) is 12.3. The first-order valence-corrected chi connectivity index (χ1v) is 7.61. The Labute approximate surface area is 122 Å². The Morgan fingerprint density at radius 3 is 3.25 bits per heavy atom. The van der Waals surface area contributed by atoms with Gasteiger partial charge in [0, 0.05) is 43.3 Å². The van der Waals surface area contributed by atoms with Crippen LogP contribution in [0, 0.1) is 0 Å². The number of aromatic nitrogens is 2. The lowest BCUT2D eigenvalue weighted by Crippen LogP contribution is -2.40. The normalized spacial score (nSPS) is 14.3. The molecule has 0 fully saturated rings. The summed E-state index contributed by atoms with van der Waals surface area (Å²) in [5.41, 5.74) is 2.40. The first-order valence-electron chi connectivity index (χ1n) is 6.73. The molecule has 2 aromatic rings. The van der Waals surface area contributed by atoms with Gasteiger partial charge in [-0.2, -0.15) is 5.10 Å². The maximum absolute atomic E-state index is 12.2. The molecule has 0 spiro atoms. The van der Waals surface area contributed by atoms with Crippen molar-refractivity contribution in [2.75, 3.05) is 13.1 Å². The van der Waals surface area contributed by atoms with E-state index in [1.54, 1.807) is 16.0 Å².